The van der Waals surface area contributed by atoms with E-state index in [9.17, 15) is 9.59 Å². The highest BCUT2D eigenvalue weighted by Gasteiger charge is 2.27. The van der Waals surface area contributed by atoms with Gasteiger partial charge in [-0.15, -0.1) is 0 Å². The number of carbonyl (C=O) groups excluding carboxylic acids is 2. The van der Waals surface area contributed by atoms with E-state index >= 15 is 0 Å². The zero-order chi connectivity index (χ0) is 26.6. The fraction of sp³-hybridized carbons (Fsp3) is 0.250. The highest BCUT2D eigenvalue weighted by Crippen LogP contribution is 2.33. The number of nitrogens with one attached hydrogen (secondary N) is 1. The maximum atomic E-state index is 13.6. The van der Waals surface area contributed by atoms with Crippen molar-refractivity contribution in [1.82, 2.24) is 4.90 Å². The summed E-state index contributed by atoms with van der Waals surface area (Å²) in [5.41, 5.74) is 8.17. The minimum absolute atomic E-state index is 0.119. The number of rotatable bonds is 8. The van der Waals surface area contributed by atoms with Crippen molar-refractivity contribution in [1.29, 1.82) is 5.26 Å². The van der Waals surface area contributed by atoms with Crippen molar-refractivity contribution in [2.24, 2.45) is 11.1 Å². The summed E-state index contributed by atoms with van der Waals surface area (Å²) in [6, 6.07) is 18.6. The van der Waals surface area contributed by atoms with Crippen molar-refractivity contribution in [3.8, 4) is 17.6 Å². The number of nitrogens with two attached hydrogens (primary N) is 1. The molecular formula is C28H27ClN4O4. The SMILES string of the molecule is CC(C)(CN)CN(Cc1cc(NC(=O)c2ccc(C#N)cc2)ccc1Cl)C(=O)c1ccc2c(c1)OCO2. The molecule has 3 N–H and O–H groups in total. The second-order valence-corrected chi connectivity index (χ2v) is 9.95. The zero-order valence-corrected chi connectivity index (χ0v) is 21.3. The van der Waals surface area contributed by atoms with E-state index in [1.165, 1.54) is 0 Å². The zero-order valence-electron chi connectivity index (χ0n) is 20.6. The molecule has 0 atom stereocenters. The van der Waals surface area contributed by atoms with Crippen LogP contribution in [0.3, 0.4) is 0 Å². The molecule has 0 fully saturated rings. The number of nitriles is 1. The van der Waals surface area contributed by atoms with Crippen molar-refractivity contribution < 1.29 is 19.1 Å². The van der Waals surface area contributed by atoms with Crippen LogP contribution in [0.25, 0.3) is 0 Å². The van der Waals surface area contributed by atoms with Gasteiger partial charge in [-0.25, -0.2) is 0 Å². The Labute approximate surface area is 220 Å². The number of carbonyl (C=O) groups is 2. The first-order valence-corrected chi connectivity index (χ1v) is 12.1. The van der Waals surface area contributed by atoms with Gasteiger partial charge in [0.15, 0.2) is 11.5 Å². The quantitative estimate of drug-likeness (QED) is 0.441. The lowest BCUT2D eigenvalue weighted by Gasteiger charge is -2.32. The van der Waals surface area contributed by atoms with Crippen LogP contribution in [0.15, 0.2) is 60.7 Å². The third-order valence-corrected chi connectivity index (χ3v) is 6.39. The van der Waals surface area contributed by atoms with E-state index in [0.29, 0.717) is 57.6 Å². The van der Waals surface area contributed by atoms with E-state index in [4.69, 9.17) is 32.1 Å². The first-order valence-electron chi connectivity index (χ1n) is 11.7. The molecule has 4 rings (SSSR count). The number of hydrogen-bond donors (Lipinski definition) is 2. The average Bonchev–Trinajstić information content (AvgIpc) is 3.37. The van der Waals surface area contributed by atoms with E-state index in [0.717, 1.165) is 0 Å². The molecule has 0 aromatic heterocycles. The van der Waals surface area contributed by atoms with Gasteiger partial charge in [-0.05, 0) is 78.2 Å². The van der Waals surface area contributed by atoms with Crippen molar-refractivity contribution >= 4 is 29.1 Å². The van der Waals surface area contributed by atoms with E-state index in [1.807, 2.05) is 19.9 Å². The van der Waals surface area contributed by atoms with Crippen molar-refractivity contribution in [2.75, 3.05) is 25.2 Å². The predicted molar refractivity (Wildman–Crippen MR) is 141 cm³/mol. The molecule has 8 nitrogen and oxygen atoms in total. The standard InChI is InChI=1S/C28H27ClN4O4/c1-28(2,15-31)16-33(27(35)20-7-10-24-25(12-20)37-17-36-24)14-21-11-22(8-9-23(21)29)32-26(34)19-5-3-18(13-30)4-6-19/h3-12H,14-17,31H2,1-2H3,(H,32,34). The van der Waals surface area contributed by atoms with E-state index in [-0.39, 0.29) is 30.6 Å². The Hall–Kier alpha value is -4.06. The molecule has 1 aliphatic rings. The fourth-order valence-corrected chi connectivity index (χ4v) is 4.05. The molecule has 190 valence electrons. The lowest BCUT2D eigenvalue weighted by molar-refractivity contribution is 0.0673. The molecule has 0 saturated heterocycles. The summed E-state index contributed by atoms with van der Waals surface area (Å²) in [4.78, 5) is 28.0. The summed E-state index contributed by atoms with van der Waals surface area (Å²) in [6.45, 7) is 5.07. The fourth-order valence-electron chi connectivity index (χ4n) is 3.87. The van der Waals surface area contributed by atoms with Gasteiger partial charge in [0.25, 0.3) is 11.8 Å². The van der Waals surface area contributed by atoms with Gasteiger partial charge in [0.1, 0.15) is 0 Å². The van der Waals surface area contributed by atoms with Crippen LogP contribution in [0.2, 0.25) is 5.02 Å². The third kappa shape index (κ3) is 6.20. The Morgan fingerprint density at radius 3 is 2.46 bits per heavy atom. The summed E-state index contributed by atoms with van der Waals surface area (Å²) in [7, 11) is 0. The van der Waals surface area contributed by atoms with Gasteiger partial charge in [0.2, 0.25) is 6.79 Å². The molecule has 1 aliphatic heterocycles. The van der Waals surface area contributed by atoms with Crippen LogP contribution in [0.4, 0.5) is 5.69 Å². The molecular weight excluding hydrogens is 492 g/mol. The second kappa shape index (κ2) is 10.9. The van der Waals surface area contributed by atoms with Gasteiger partial charge in [-0.3, -0.25) is 9.59 Å². The summed E-state index contributed by atoms with van der Waals surface area (Å²) in [6.07, 6.45) is 0. The molecule has 0 spiro atoms. The highest BCUT2D eigenvalue weighted by molar-refractivity contribution is 6.31. The largest absolute Gasteiger partial charge is 0.454 e. The van der Waals surface area contributed by atoms with Crippen LogP contribution in [-0.4, -0.2) is 36.6 Å². The molecule has 2 amide bonds. The summed E-state index contributed by atoms with van der Waals surface area (Å²) in [5.74, 6) is 0.590. The average molecular weight is 519 g/mol. The second-order valence-electron chi connectivity index (χ2n) is 9.55. The molecule has 0 bridgehead atoms. The maximum absolute atomic E-state index is 13.6. The minimum atomic E-state index is -0.347. The maximum Gasteiger partial charge on any atom is 0.255 e. The first-order chi connectivity index (χ1) is 17.7. The van der Waals surface area contributed by atoms with Gasteiger partial charge in [-0.1, -0.05) is 25.4 Å². The summed E-state index contributed by atoms with van der Waals surface area (Å²) in [5, 5.41) is 12.3. The van der Waals surface area contributed by atoms with Crippen LogP contribution in [-0.2, 0) is 6.54 Å². The number of halogens is 1. The van der Waals surface area contributed by atoms with Crippen LogP contribution in [0.5, 0.6) is 11.5 Å². The van der Waals surface area contributed by atoms with Gasteiger partial charge < -0.3 is 25.4 Å². The normalized spacial score (nSPS) is 12.1. The van der Waals surface area contributed by atoms with Crippen molar-refractivity contribution in [3.63, 3.8) is 0 Å². The molecule has 1 heterocycles. The molecule has 0 saturated carbocycles. The van der Waals surface area contributed by atoms with Crippen molar-refractivity contribution in [2.45, 2.75) is 20.4 Å². The lowest BCUT2D eigenvalue weighted by atomic mass is 9.92. The molecule has 37 heavy (non-hydrogen) atoms. The number of benzene rings is 3. The summed E-state index contributed by atoms with van der Waals surface area (Å²) >= 11 is 6.52. The molecule has 0 unspecified atom stereocenters. The predicted octanol–water partition coefficient (Wildman–Crippen LogP) is 4.82. The van der Waals surface area contributed by atoms with Gasteiger partial charge in [0.05, 0.1) is 11.6 Å². The Morgan fingerprint density at radius 2 is 1.76 bits per heavy atom. The number of amides is 2. The number of hydrogen-bond acceptors (Lipinski definition) is 6. The number of nitrogens with zero attached hydrogens (tertiary/aromatic N) is 2. The van der Waals surface area contributed by atoms with Crippen LogP contribution in [0, 0.1) is 16.7 Å². The van der Waals surface area contributed by atoms with Gasteiger partial charge >= 0.3 is 0 Å². The van der Waals surface area contributed by atoms with Gasteiger partial charge in [0, 0.05) is 34.9 Å². The highest BCUT2D eigenvalue weighted by atomic mass is 35.5. The van der Waals surface area contributed by atoms with Gasteiger partial charge in [-0.2, -0.15) is 5.26 Å². The smallest absolute Gasteiger partial charge is 0.255 e. The number of ether oxygens (including phenoxy) is 2. The van der Waals surface area contributed by atoms with Crippen molar-refractivity contribution in [3.05, 3.63) is 87.9 Å². The lowest BCUT2D eigenvalue weighted by Crippen LogP contribution is -2.41. The molecule has 0 aliphatic carbocycles. The molecule has 0 radical (unpaired) electrons. The molecule has 3 aromatic rings. The third-order valence-electron chi connectivity index (χ3n) is 6.02. The van der Waals surface area contributed by atoms with Crippen LogP contribution >= 0.6 is 11.6 Å². The number of anilines is 1. The van der Waals surface area contributed by atoms with Crippen LogP contribution < -0.4 is 20.5 Å². The number of fused-ring (bicyclic) bond motifs is 1. The monoisotopic (exact) mass is 518 g/mol. The van der Waals surface area contributed by atoms with E-state index < -0.39 is 0 Å². The molecule has 3 aromatic carbocycles. The topological polar surface area (TPSA) is 118 Å². The Kier molecular flexibility index (Phi) is 7.67. The molecule has 9 heteroatoms. The Morgan fingerprint density at radius 1 is 1.05 bits per heavy atom. The summed E-state index contributed by atoms with van der Waals surface area (Å²) < 4.78 is 10.8. The van der Waals surface area contributed by atoms with Crippen LogP contribution in [0.1, 0.15) is 45.7 Å². The van der Waals surface area contributed by atoms with E-state index in [1.54, 1.807) is 65.6 Å². The Bertz CT molecular complexity index is 1370. The van der Waals surface area contributed by atoms with E-state index in [2.05, 4.69) is 5.32 Å². The minimum Gasteiger partial charge on any atom is -0.454 e. The first kappa shape index (κ1) is 26.0. The Balaban J connectivity index is 1.58.